The fourth-order valence-corrected chi connectivity index (χ4v) is 2.63. The minimum absolute atomic E-state index is 0.196. The van der Waals surface area contributed by atoms with Crippen molar-refractivity contribution in [2.45, 2.75) is 5.03 Å². The van der Waals surface area contributed by atoms with Crippen LogP contribution >= 0.6 is 0 Å². The maximum Gasteiger partial charge on any atom is 0.356 e. The Kier molecular flexibility index (Phi) is 2.62. The molecule has 0 saturated heterocycles. The number of aromatic nitrogens is 1. The Morgan fingerprint density at radius 1 is 1.50 bits per heavy atom. The largest absolute Gasteiger partial charge is 0.505 e. The Bertz CT molecular complexity index is 664. The summed E-state index contributed by atoms with van der Waals surface area (Å²) in [6.45, 7) is 0. The molecule has 96 valence electrons. The monoisotopic (exact) mass is 272 g/mol. The Hall–Kier alpha value is -2.29. The SMILES string of the molecule is COc1cnc2c(c1)C(O)=C(C(=O)O)NS2(=O)=O. The van der Waals surface area contributed by atoms with E-state index in [1.54, 1.807) is 4.72 Å². The van der Waals surface area contributed by atoms with Crippen LogP contribution in [0, 0.1) is 0 Å². The molecule has 0 atom stereocenters. The number of hydrogen-bond acceptors (Lipinski definition) is 6. The molecule has 1 aliphatic heterocycles. The van der Waals surface area contributed by atoms with Crippen molar-refractivity contribution in [2.75, 3.05) is 7.11 Å². The summed E-state index contributed by atoms with van der Waals surface area (Å²) >= 11 is 0. The van der Waals surface area contributed by atoms with Gasteiger partial charge >= 0.3 is 5.97 Å². The number of ether oxygens (including phenoxy) is 1. The molecule has 2 heterocycles. The van der Waals surface area contributed by atoms with Gasteiger partial charge in [-0.25, -0.2) is 9.78 Å². The predicted molar refractivity (Wildman–Crippen MR) is 58.3 cm³/mol. The Morgan fingerprint density at radius 3 is 2.72 bits per heavy atom. The van der Waals surface area contributed by atoms with Crippen LogP contribution in [0.3, 0.4) is 0 Å². The highest BCUT2D eigenvalue weighted by atomic mass is 32.2. The van der Waals surface area contributed by atoms with Crippen LogP contribution in [0.5, 0.6) is 5.75 Å². The van der Waals surface area contributed by atoms with Crippen molar-refractivity contribution in [2.24, 2.45) is 0 Å². The molecule has 0 unspecified atom stereocenters. The summed E-state index contributed by atoms with van der Waals surface area (Å²) in [4.78, 5) is 14.4. The molecule has 0 bridgehead atoms. The van der Waals surface area contributed by atoms with Crippen LogP contribution in [-0.2, 0) is 14.8 Å². The number of fused-ring (bicyclic) bond motifs is 1. The van der Waals surface area contributed by atoms with Crippen molar-refractivity contribution in [3.05, 3.63) is 23.5 Å². The number of rotatable bonds is 2. The van der Waals surface area contributed by atoms with E-state index in [2.05, 4.69) is 4.98 Å². The molecule has 0 spiro atoms. The van der Waals surface area contributed by atoms with Crippen molar-refractivity contribution >= 4 is 21.8 Å². The Morgan fingerprint density at radius 2 is 2.17 bits per heavy atom. The zero-order valence-electron chi connectivity index (χ0n) is 9.04. The number of carboxylic acid groups (broad SMARTS) is 1. The lowest BCUT2D eigenvalue weighted by atomic mass is 10.2. The van der Waals surface area contributed by atoms with Gasteiger partial charge in [0.2, 0.25) is 0 Å². The van der Waals surface area contributed by atoms with Crippen LogP contribution in [0.2, 0.25) is 0 Å². The molecule has 0 amide bonds. The summed E-state index contributed by atoms with van der Waals surface area (Å²) in [7, 11) is -2.78. The highest BCUT2D eigenvalue weighted by molar-refractivity contribution is 7.89. The van der Waals surface area contributed by atoms with Crippen LogP contribution in [0.1, 0.15) is 5.56 Å². The van der Waals surface area contributed by atoms with E-state index < -0.39 is 32.5 Å². The van der Waals surface area contributed by atoms with E-state index in [1.807, 2.05) is 0 Å². The van der Waals surface area contributed by atoms with E-state index in [1.165, 1.54) is 13.2 Å². The number of nitrogens with zero attached hydrogens (tertiary/aromatic N) is 1. The molecular weight excluding hydrogens is 264 g/mol. The molecule has 9 heteroatoms. The van der Waals surface area contributed by atoms with Gasteiger partial charge in [-0.1, -0.05) is 0 Å². The number of aliphatic hydroxyl groups excluding tert-OH is 1. The summed E-state index contributed by atoms with van der Waals surface area (Å²) < 4.78 is 30.0. The van der Waals surface area contributed by atoms with Gasteiger partial charge in [-0.3, -0.25) is 4.72 Å². The zero-order valence-corrected chi connectivity index (χ0v) is 9.85. The van der Waals surface area contributed by atoms with E-state index in [0.29, 0.717) is 0 Å². The van der Waals surface area contributed by atoms with Gasteiger partial charge in [0.15, 0.2) is 16.5 Å². The molecule has 18 heavy (non-hydrogen) atoms. The summed E-state index contributed by atoms with van der Waals surface area (Å²) in [5.41, 5.74) is -1.04. The second-order valence-electron chi connectivity index (χ2n) is 3.36. The molecular formula is C9H8N2O6S. The molecule has 0 aliphatic carbocycles. The van der Waals surface area contributed by atoms with Crippen molar-refractivity contribution < 1.29 is 28.2 Å². The highest BCUT2D eigenvalue weighted by Crippen LogP contribution is 2.29. The van der Waals surface area contributed by atoms with Gasteiger partial charge in [0, 0.05) is 0 Å². The maximum absolute atomic E-state index is 11.7. The molecule has 0 radical (unpaired) electrons. The minimum Gasteiger partial charge on any atom is -0.505 e. The smallest absolute Gasteiger partial charge is 0.356 e. The lowest BCUT2D eigenvalue weighted by Gasteiger charge is -2.18. The van der Waals surface area contributed by atoms with Gasteiger partial charge in [0.25, 0.3) is 10.0 Å². The first-order valence-electron chi connectivity index (χ1n) is 4.60. The molecule has 3 N–H and O–H groups in total. The fraction of sp³-hybridized carbons (Fsp3) is 0.111. The third-order valence-electron chi connectivity index (χ3n) is 2.26. The van der Waals surface area contributed by atoms with Gasteiger partial charge in [-0.05, 0) is 6.07 Å². The second-order valence-corrected chi connectivity index (χ2v) is 4.96. The summed E-state index contributed by atoms with van der Waals surface area (Å²) in [6.07, 6.45) is 1.15. The number of carbonyl (C=O) groups is 1. The van der Waals surface area contributed by atoms with Crippen molar-refractivity contribution in [3.63, 3.8) is 0 Å². The third kappa shape index (κ3) is 1.74. The molecule has 0 fully saturated rings. The van der Waals surface area contributed by atoms with Crippen LogP contribution in [-0.4, -0.2) is 36.7 Å². The predicted octanol–water partition coefficient (Wildman–Crippen LogP) is -0.307. The van der Waals surface area contributed by atoms with Crippen LogP contribution in [0.15, 0.2) is 23.0 Å². The fourth-order valence-electron chi connectivity index (χ4n) is 1.44. The van der Waals surface area contributed by atoms with E-state index in [0.717, 1.165) is 6.20 Å². The first-order chi connectivity index (χ1) is 8.36. The van der Waals surface area contributed by atoms with Gasteiger partial charge in [0.1, 0.15) is 5.75 Å². The Labute approximate surface area is 102 Å². The van der Waals surface area contributed by atoms with Gasteiger partial charge in [-0.2, -0.15) is 8.42 Å². The minimum atomic E-state index is -4.11. The van der Waals surface area contributed by atoms with Crippen molar-refractivity contribution in [3.8, 4) is 5.75 Å². The van der Waals surface area contributed by atoms with Crippen molar-refractivity contribution in [1.82, 2.24) is 9.71 Å². The number of aliphatic hydroxyl groups is 1. The van der Waals surface area contributed by atoms with Crippen LogP contribution in [0.4, 0.5) is 0 Å². The lowest BCUT2D eigenvalue weighted by Crippen LogP contribution is -2.33. The summed E-state index contributed by atoms with van der Waals surface area (Å²) in [6, 6.07) is 1.19. The number of methoxy groups -OCH3 is 1. The number of nitrogens with one attached hydrogen (secondary N) is 1. The summed E-state index contributed by atoms with van der Waals surface area (Å²) in [5, 5.41) is 18.1. The normalized spacial score (nSPS) is 16.7. The second kappa shape index (κ2) is 3.88. The van der Waals surface area contributed by atoms with E-state index in [-0.39, 0.29) is 11.3 Å². The molecule has 0 aromatic carbocycles. The van der Waals surface area contributed by atoms with E-state index in [9.17, 15) is 18.3 Å². The number of hydrogen-bond donors (Lipinski definition) is 3. The molecule has 1 aliphatic rings. The highest BCUT2D eigenvalue weighted by Gasteiger charge is 2.34. The molecule has 8 nitrogen and oxygen atoms in total. The first-order valence-corrected chi connectivity index (χ1v) is 6.09. The summed E-state index contributed by atoms with van der Waals surface area (Å²) in [5.74, 6) is -2.11. The first kappa shape index (κ1) is 12.2. The molecule has 0 saturated carbocycles. The van der Waals surface area contributed by atoms with Gasteiger partial charge in [-0.15, -0.1) is 0 Å². The van der Waals surface area contributed by atoms with E-state index >= 15 is 0 Å². The topological polar surface area (TPSA) is 126 Å². The molecule has 1 aromatic rings. The zero-order chi connectivity index (χ0) is 13.5. The quantitative estimate of drug-likeness (QED) is 0.674. The van der Waals surface area contributed by atoms with Crippen molar-refractivity contribution in [1.29, 1.82) is 0 Å². The van der Waals surface area contributed by atoms with E-state index in [4.69, 9.17) is 9.84 Å². The average molecular weight is 272 g/mol. The number of carboxylic acids is 1. The number of sulfonamides is 1. The Balaban J connectivity index is 2.78. The van der Waals surface area contributed by atoms with Crippen LogP contribution in [0.25, 0.3) is 5.76 Å². The van der Waals surface area contributed by atoms with Gasteiger partial charge in [0.05, 0.1) is 18.9 Å². The molecule has 2 rings (SSSR count). The molecule has 1 aromatic heterocycles. The third-order valence-corrected chi connectivity index (χ3v) is 3.57. The van der Waals surface area contributed by atoms with Gasteiger partial charge < -0.3 is 14.9 Å². The lowest BCUT2D eigenvalue weighted by molar-refractivity contribution is -0.132. The maximum atomic E-state index is 11.7. The number of aliphatic carboxylic acids is 1. The average Bonchev–Trinajstić information content (AvgIpc) is 2.33. The number of pyridine rings is 1. The standard InChI is InChI=1S/C9H8N2O6S/c1-17-4-2-5-7(12)6(9(13)14)11-18(15,16)8(5)10-3-4/h2-3,11-12H,1H3,(H,13,14). The van der Waals surface area contributed by atoms with Crippen LogP contribution < -0.4 is 9.46 Å².